The molecule has 0 aliphatic heterocycles. The van der Waals surface area contributed by atoms with Crippen LogP contribution in [0.3, 0.4) is 0 Å². The van der Waals surface area contributed by atoms with E-state index >= 15 is 0 Å². The van der Waals surface area contributed by atoms with Crippen LogP contribution < -0.4 is 5.32 Å². The minimum absolute atomic E-state index is 0.0736. The minimum atomic E-state index is -1.35. The number of rotatable bonds is 6. The Labute approximate surface area is 185 Å². The molecule has 0 spiro atoms. The molecular weight excluding hydrogens is 442 g/mol. The number of amides is 1. The Morgan fingerprint density at radius 1 is 1.24 bits per heavy atom. The predicted molar refractivity (Wildman–Crippen MR) is 127 cm³/mol. The smallest absolute Gasteiger partial charge is 0.255 e. The summed E-state index contributed by atoms with van der Waals surface area (Å²) in [6, 6.07) is 12.1. The van der Waals surface area contributed by atoms with E-state index in [4.69, 9.17) is 4.43 Å². The van der Waals surface area contributed by atoms with Crippen LogP contribution in [-0.2, 0) is 16.4 Å². The molecule has 0 saturated heterocycles. The lowest BCUT2D eigenvalue weighted by Crippen LogP contribution is -2.26. The van der Waals surface area contributed by atoms with Crippen molar-refractivity contribution in [2.75, 3.05) is 5.32 Å². The van der Waals surface area contributed by atoms with Crippen LogP contribution >= 0.6 is 15.9 Å². The summed E-state index contributed by atoms with van der Waals surface area (Å²) in [6.45, 7) is 13.7. The van der Waals surface area contributed by atoms with Crippen molar-refractivity contribution in [3.05, 3.63) is 63.1 Å². The predicted octanol–water partition coefficient (Wildman–Crippen LogP) is 6.73. The third kappa shape index (κ3) is 5.19. The van der Waals surface area contributed by atoms with E-state index in [-0.39, 0.29) is 10.9 Å². The number of aryl methyl sites for hydroxylation is 1. The van der Waals surface area contributed by atoms with Crippen LogP contribution in [0.1, 0.15) is 67.6 Å². The molecule has 1 aliphatic carbocycles. The molecule has 1 amide bonds. The second kappa shape index (κ2) is 8.36. The Bertz CT molecular complexity index is 916. The lowest BCUT2D eigenvalue weighted by molar-refractivity contribution is 0.102. The van der Waals surface area contributed by atoms with Crippen molar-refractivity contribution in [3.63, 3.8) is 0 Å². The molecule has 3 rings (SSSR count). The van der Waals surface area contributed by atoms with Gasteiger partial charge in [0.15, 0.2) is 9.04 Å². The van der Waals surface area contributed by atoms with Gasteiger partial charge in [-0.05, 0) is 66.1 Å². The number of carbonyl (C=O) groups excluding carboxylic acids is 1. The summed E-state index contributed by atoms with van der Waals surface area (Å²) in [6.07, 6.45) is 2.46. The Balaban J connectivity index is 1.78. The van der Waals surface area contributed by atoms with Crippen LogP contribution in [0.2, 0.25) is 11.6 Å². The minimum Gasteiger partial charge on any atom is -0.415 e. The van der Waals surface area contributed by atoms with E-state index in [0.29, 0.717) is 12.0 Å². The van der Waals surface area contributed by atoms with Crippen molar-refractivity contribution in [1.82, 2.24) is 0 Å². The average Bonchev–Trinajstić information content (AvgIpc) is 3.38. The van der Waals surface area contributed by atoms with Gasteiger partial charge < -0.3 is 9.74 Å². The summed E-state index contributed by atoms with van der Waals surface area (Å²) in [7, 11) is -1.35. The van der Waals surface area contributed by atoms with E-state index in [0.717, 1.165) is 26.9 Å². The first-order valence-electron chi connectivity index (χ1n) is 10.3. The fourth-order valence-corrected chi connectivity index (χ4v) is 4.64. The van der Waals surface area contributed by atoms with E-state index in [1.165, 1.54) is 18.4 Å². The molecule has 1 atom stereocenters. The fraction of sp³-hybridized carbons (Fsp3) is 0.458. The Hall–Kier alpha value is -1.43. The molecule has 1 fully saturated rings. The Morgan fingerprint density at radius 3 is 2.52 bits per heavy atom. The first-order chi connectivity index (χ1) is 13.5. The maximum Gasteiger partial charge on any atom is 0.255 e. The molecule has 5 heteroatoms. The van der Waals surface area contributed by atoms with Gasteiger partial charge in [0.05, 0.1) is 6.61 Å². The zero-order chi connectivity index (χ0) is 21.4. The quantitative estimate of drug-likeness (QED) is 0.472. The zero-order valence-electron chi connectivity index (χ0n) is 18.4. The van der Waals surface area contributed by atoms with Crippen LogP contribution in [-0.4, -0.2) is 14.9 Å². The second-order valence-corrected chi connectivity index (χ2v) is 13.8. The Morgan fingerprint density at radius 2 is 1.93 bits per heavy atom. The van der Waals surface area contributed by atoms with E-state index in [1.54, 1.807) is 0 Å². The summed E-state index contributed by atoms with van der Waals surface area (Å²) in [5, 5.41) is 3.31. The van der Waals surface area contributed by atoms with Crippen molar-refractivity contribution in [2.24, 2.45) is 0 Å². The van der Waals surface area contributed by atoms with Crippen molar-refractivity contribution in [2.45, 2.75) is 71.1 Å². The molecule has 29 heavy (non-hydrogen) atoms. The normalized spacial score (nSPS) is 16.4. The summed E-state index contributed by atoms with van der Waals surface area (Å²) in [5.74, 6) is -0.0736. The summed E-state index contributed by atoms with van der Waals surface area (Å²) in [4.78, 5) is 13.0. The molecule has 156 valence electrons. The summed E-state index contributed by atoms with van der Waals surface area (Å²) >= 11 is 3.63. The van der Waals surface area contributed by atoms with E-state index in [2.05, 4.69) is 67.6 Å². The van der Waals surface area contributed by atoms with Gasteiger partial charge in [0, 0.05) is 21.3 Å². The molecule has 2 aromatic rings. The highest BCUT2D eigenvalue weighted by atomic mass is 79.9. The SMILES string of the molecule is Cc1cc(C2(C)CC2)ccc1C(=O)Nc1cccc(Br)c1CO[SiH](C)C(C)(C)C. The number of hydrogen-bond donors (Lipinski definition) is 1. The van der Waals surface area contributed by atoms with E-state index in [9.17, 15) is 4.79 Å². The van der Waals surface area contributed by atoms with Crippen LogP contribution in [0.25, 0.3) is 0 Å². The molecule has 3 nitrogen and oxygen atoms in total. The maximum absolute atomic E-state index is 13.0. The van der Waals surface area contributed by atoms with Crippen LogP contribution in [0.15, 0.2) is 40.9 Å². The Kier molecular flexibility index (Phi) is 6.42. The molecular formula is C24H32BrNO2Si. The van der Waals surface area contributed by atoms with Gasteiger partial charge >= 0.3 is 0 Å². The molecule has 0 aromatic heterocycles. The number of hydrogen-bond acceptors (Lipinski definition) is 2. The van der Waals surface area contributed by atoms with Crippen molar-refractivity contribution < 1.29 is 9.22 Å². The van der Waals surface area contributed by atoms with Gasteiger partial charge in [0.1, 0.15) is 0 Å². The molecule has 1 aliphatic rings. The lowest BCUT2D eigenvalue weighted by Gasteiger charge is -2.26. The van der Waals surface area contributed by atoms with Crippen molar-refractivity contribution >= 4 is 36.6 Å². The average molecular weight is 475 g/mol. The van der Waals surface area contributed by atoms with Crippen LogP contribution in [0.4, 0.5) is 5.69 Å². The molecule has 1 unspecified atom stereocenters. The number of carbonyl (C=O) groups is 1. The van der Waals surface area contributed by atoms with Crippen LogP contribution in [0, 0.1) is 6.92 Å². The third-order valence-corrected chi connectivity index (χ3v) is 10.1. The van der Waals surface area contributed by atoms with Gasteiger partial charge in [-0.25, -0.2) is 0 Å². The largest absolute Gasteiger partial charge is 0.415 e. The number of anilines is 1. The van der Waals surface area contributed by atoms with Crippen molar-refractivity contribution in [1.29, 1.82) is 0 Å². The second-order valence-electron chi connectivity index (χ2n) is 9.63. The highest BCUT2D eigenvalue weighted by Crippen LogP contribution is 2.47. The summed E-state index contributed by atoms with van der Waals surface area (Å²) < 4.78 is 7.20. The van der Waals surface area contributed by atoms with Gasteiger partial charge in [0.25, 0.3) is 5.91 Å². The monoisotopic (exact) mass is 473 g/mol. The maximum atomic E-state index is 13.0. The highest BCUT2D eigenvalue weighted by Gasteiger charge is 2.39. The number of halogens is 1. The fourth-order valence-electron chi connectivity index (χ4n) is 3.24. The first kappa shape index (κ1) is 22.3. The van der Waals surface area contributed by atoms with Crippen molar-refractivity contribution in [3.8, 4) is 0 Å². The lowest BCUT2D eigenvalue weighted by atomic mass is 9.94. The topological polar surface area (TPSA) is 38.3 Å². The molecule has 0 radical (unpaired) electrons. The molecule has 0 bridgehead atoms. The molecule has 1 saturated carbocycles. The standard InChI is InChI=1S/C24H32BrNO2Si/c1-16-14-17(24(5)12-13-24)10-11-18(16)22(27)26-21-9-7-8-20(25)19(21)15-28-29(6)23(2,3)4/h7-11,14,29H,12-13,15H2,1-6H3,(H,26,27). The first-order valence-corrected chi connectivity index (χ1v) is 13.3. The zero-order valence-corrected chi connectivity index (χ0v) is 21.1. The van der Waals surface area contributed by atoms with Crippen LogP contribution in [0.5, 0.6) is 0 Å². The van der Waals surface area contributed by atoms with E-state index < -0.39 is 9.04 Å². The van der Waals surface area contributed by atoms with E-state index in [1.807, 2.05) is 31.2 Å². The van der Waals surface area contributed by atoms with Gasteiger partial charge in [-0.15, -0.1) is 0 Å². The molecule has 2 aromatic carbocycles. The van der Waals surface area contributed by atoms with Gasteiger partial charge in [-0.2, -0.15) is 0 Å². The van der Waals surface area contributed by atoms with Gasteiger partial charge in [-0.1, -0.05) is 61.8 Å². The van der Waals surface area contributed by atoms with Gasteiger partial charge in [-0.3, -0.25) is 4.79 Å². The number of nitrogens with one attached hydrogen (secondary N) is 1. The van der Waals surface area contributed by atoms with Gasteiger partial charge in [0.2, 0.25) is 0 Å². The highest BCUT2D eigenvalue weighted by molar-refractivity contribution is 9.10. The number of benzene rings is 2. The third-order valence-electron chi connectivity index (χ3n) is 6.23. The molecule has 1 N–H and O–H groups in total. The summed E-state index contributed by atoms with van der Waals surface area (Å²) in [5.41, 5.74) is 5.19. The molecule has 0 heterocycles.